The van der Waals surface area contributed by atoms with Crippen LogP contribution in [-0.4, -0.2) is 18.1 Å². The first-order valence-electron chi connectivity index (χ1n) is 5.82. The van der Waals surface area contributed by atoms with Crippen LogP contribution >= 0.6 is 15.9 Å². The Morgan fingerprint density at radius 1 is 1.19 bits per heavy atom. The van der Waals surface area contributed by atoms with E-state index >= 15 is 0 Å². The third-order valence-electron chi connectivity index (χ3n) is 3.46. The molecule has 1 fully saturated rings. The fraction of sp³-hybridized carbons (Fsp3) is 0.385. The highest BCUT2D eigenvalue weighted by atomic mass is 79.9. The van der Waals surface area contributed by atoms with Gasteiger partial charge in [0.1, 0.15) is 0 Å². The summed E-state index contributed by atoms with van der Waals surface area (Å²) < 4.78 is 1.21. The fourth-order valence-electron chi connectivity index (χ4n) is 2.62. The van der Waals surface area contributed by atoms with Crippen LogP contribution in [0.5, 0.6) is 0 Å². The van der Waals surface area contributed by atoms with E-state index in [1.807, 2.05) is 0 Å². The van der Waals surface area contributed by atoms with E-state index in [0.717, 1.165) is 13.1 Å². The summed E-state index contributed by atoms with van der Waals surface area (Å²) in [7, 11) is 0. The summed E-state index contributed by atoms with van der Waals surface area (Å²) in [4.78, 5) is 3.38. The van der Waals surface area contributed by atoms with Crippen LogP contribution in [0.15, 0.2) is 28.9 Å². The molecular weight excluding hydrogens is 264 g/mol. The van der Waals surface area contributed by atoms with Gasteiger partial charge in [-0.3, -0.25) is 0 Å². The minimum atomic E-state index is 0.702. The zero-order valence-electron chi connectivity index (χ0n) is 9.09. The maximum absolute atomic E-state index is 3.66. The lowest BCUT2D eigenvalue weighted by molar-refractivity contribution is 0.462. The summed E-state index contributed by atoms with van der Waals surface area (Å²) in [6.45, 7) is 2.28. The highest BCUT2D eigenvalue weighted by molar-refractivity contribution is 9.10. The molecule has 2 aromatic rings. The molecule has 0 amide bonds. The maximum Gasteiger partial charge on any atom is 0.0468 e. The van der Waals surface area contributed by atoms with Gasteiger partial charge in [-0.05, 0) is 49.5 Å². The van der Waals surface area contributed by atoms with Crippen molar-refractivity contribution in [2.45, 2.75) is 18.8 Å². The van der Waals surface area contributed by atoms with Gasteiger partial charge in [-0.2, -0.15) is 0 Å². The smallest absolute Gasteiger partial charge is 0.0468 e. The van der Waals surface area contributed by atoms with Crippen molar-refractivity contribution in [3.05, 3.63) is 34.4 Å². The summed E-state index contributed by atoms with van der Waals surface area (Å²) in [5.74, 6) is 0.702. The highest BCUT2D eigenvalue weighted by Crippen LogP contribution is 2.35. The Bertz CT molecular complexity index is 498. The number of rotatable bonds is 1. The topological polar surface area (TPSA) is 27.8 Å². The lowest BCUT2D eigenvalue weighted by Crippen LogP contribution is -2.26. The molecule has 0 radical (unpaired) electrons. The van der Waals surface area contributed by atoms with Gasteiger partial charge < -0.3 is 10.3 Å². The Morgan fingerprint density at radius 3 is 2.81 bits per heavy atom. The van der Waals surface area contributed by atoms with Crippen LogP contribution in [0.1, 0.15) is 24.3 Å². The molecule has 3 heteroatoms. The van der Waals surface area contributed by atoms with Crippen LogP contribution in [-0.2, 0) is 0 Å². The summed E-state index contributed by atoms with van der Waals surface area (Å²) in [6, 6.07) is 6.35. The first-order chi connectivity index (χ1) is 7.86. The van der Waals surface area contributed by atoms with E-state index < -0.39 is 0 Å². The van der Waals surface area contributed by atoms with E-state index in [9.17, 15) is 0 Å². The minimum absolute atomic E-state index is 0.702. The molecule has 0 spiro atoms. The van der Waals surface area contributed by atoms with Crippen LogP contribution in [0.4, 0.5) is 0 Å². The van der Waals surface area contributed by atoms with Gasteiger partial charge in [0, 0.05) is 21.6 Å². The second kappa shape index (κ2) is 4.22. The van der Waals surface area contributed by atoms with Crippen molar-refractivity contribution in [2.75, 3.05) is 13.1 Å². The second-order valence-corrected chi connectivity index (χ2v) is 5.29. The highest BCUT2D eigenvalue weighted by Gasteiger charge is 2.19. The number of fused-ring (bicyclic) bond motifs is 1. The number of piperidine rings is 1. The Balaban J connectivity index is 2.09. The largest absolute Gasteiger partial charge is 0.361 e. The van der Waals surface area contributed by atoms with Crippen molar-refractivity contribution in [1.29, 1.82) is 0 Å². The van der Waals surface area contributed by atoms with E-state index in [1.54, 1.807) is 0 Å². The number of benzene rings is 1. The van der Waals surface area contributed by atoms with Gasteiger partial charge in [-0.25, -0.2) is 0 Å². The summed E-state index contributed by atoms with van der Waals surface area (Å²) in [5.41, 5.74) is 2.71. The van der Waals surface area contributed by atoms with Crippen molar-refractivity contribution in [3.63, 3.8) is 0 Å². The first-order valence-corrected chi connectivity index (χ1v) is 6.62. The number of aromatic amines is 1. The molecule has 3 rings (SSSR count). The average molecular weight is 279 g/mol. The molecule has 0 atom stereocenters. The van der Waals surface area contributed by atoms with Crippen LogP contribution in [0, 0.1) is 0 Å². The molecule has 1 saturated heterocycles. The molecule has 1 aliphatic rings. The Hall–Kier alpha value is -0.800. The predicted molar refractivity (Wildman–Crippen MR) is 70.8 cm³/mol. The number of H-pyrrole nitrogens is 1. The van der Waals surface area contributed by atoms with Crippen LogP contribution in [0.2, 0.25) is 0 Å². The van der Waals surface area contributed by atoms with Crippen molar-refractivity contribution in [1.82, 2.24) is 10.3 Å². The third kappa shape index (κ3) is 1.68. The SMILES string of the molecule is Brc1cccc2[nH]cc(C3CCNCC3)c12. The average Bonchev–Trinajstić information content (AvgIpc) is 2.75. The molecule has 0 saturated carbocycles. The summed E-state index contributed by atoms with van der Waals surface area (Å²) in [6.07, 6.45) is 4.67. The first kappa shape index (κ1) is 10.4. The van der Waals surface area contributed by atoms with E-state index in [1.165, 1.54) is 33.8 Å². The zero-order valence-corrected chi connectivity index (χ0v) is 10.7. The molecule has 2 nitrogen and oxygen atoms in total. The molecule has 16 heavy (non-hydrogen) atoms. The third-order valence-corrected chi connectivity index (χ3v) is 4.13. The van der Waals surface area contributed by atoms with Crippen molar-refractivity contribution in [3.8, 4) is 0 Å². The molecule has 84 valence electrons. The van der Waals surface area contributed by atoms with E-state index in [2.05, 4.69) is 50.6 Å². The molecule has 1 aromatic carbocycles. The van der Waals surface area contributed by atoms with E-state index in [-0.39, 0.29) is 0 Å². The van der Waals surface area contributed by atoms with Crippen molar-refractivity contribution < 1.29 is 0 Å². The Morgan fingerprint density at radius 2 is 2.00 bits per heavy atom. The molecule has 2 heterocycles. The second-order valence-electron chi connectivity index (χ2n) is 4.43. The van der Waals surface area contributed by atoms with Gasteiger partial charge in [0.25, 0.3) is 0 Å². The molecule has 0 aliphatic carbocycles. The number of aromatic nitrogens is 1. The van der Waals surface area contributed by atoms with Gasteiger partial charge >= 0.3 is 0 Å². The van der Waals surface area contributed by atoms with Crippen molar-refractivity contribution >= 4 is 26.8 Å². The normalized spacial score (nSPS) is 18.1. The summed E-state index contributed by atoms with van der Waals surface area (Å²) >= 11 is 3.66. The number of hydrogen-bond donors (Lipinski definition) is 2. The molecule has 0 unspecified atom stereocenters. The monoisotopic (exact) mass is 278 g/mol. The van der Waals surface area contributed by atoms with Gasteiger partial charge in [0.2, 0.25) is 0 Å². The van der Waals surface area contributed by atoms with Gasteiger partial charge in [-0.1, -0.05) is 22.0 Å². The number of hydrogen-bond acceptors (Lipinski definition) is 1. The summed E-state index contributed by atoms with van der Waals surface area (Å²) in [5, 5.41) is 4.79. The number of halogens is 1. The maximum atomic E-state index is 3.66. The Kier molecular flexibility index (Phi) is 2.74. The molecule has 0 bridgehead atoms. The van der Waals surface area contributed by atoms with Crippen LogP contribution in [0.25, 0.3) is 10.9 Å². The predicted octanol–water partition coefficient (Wildman–Crippen LogP) is 3.40. The van der Waals surface area contributed by atoms with Gasteiger partial charge in [0.05, 0.1) is 0 Å². The van der Waals surface area contributed by atoms with Crippen LogP contribution in [0.3, 0.4) is 0 Å². The lowest BCUT2D eigenvalue weighted by atomic mass is 9.90. The minimum Gasteiger partial charge on any atom is -0.361 e. The van der Waals surface area contributed by atoms with Gasteiger partial charge in [0.15, 0.2) is 0 Å². The molecule has 1 aromatic heterocycles. The van der Waals surface area contributed by atoms with Crippen LogP contribution < -0.4 is 5.32 Å². The van der Waals surface area contributed by atoms with E-state index in [4.69, 9.17) is 0 Å². The van der Waals surface area contributed by atoms with E-state index in [0.29, 0.717) is 5.92 Å². The number of nitrogens with one attached hydrogen (secondary N) is 2. The fourth-order valence-corrected chi connectivity index (χ4v) is 3.22. The molecule has 2 N–H and O–H groups in total. The van der Waals surface area contributed by atoms with Crippen molar-refractivity contribution in [2.24, 2.45) is 0 Å². The standard InChI is InChI=1S/C13H15BrN2/c14-11-2-1-3-12-13(11)10(8-16-12)9-4-6-15-7-5-9/h1-3,8-9,15-16H,4-7H2. The zero-order chi connectivity index (χ0) is 11.0. The molecular formula is C13H15BrN2. The lowest BCUT2D eigenvalue weighted by Gasteiger charge is -2.22. The Labute approximate surface area is 104 Å². The quantitative estimate of drug-likeness (QED) is 0.822. The molecule has 1 aliphatic heterocycles. The van der Waals surface area contributed by atoms with Gasteiger partial charge in [-0.15, -0.1) is 0 Å².